The summed E-state index contributed by atoms with van der Waals surface area (Å²) in [6.07, 6.45) is 1.33. The zero-order valence-electron chi connectivity index (χ0n) is 11.6. The Balaban J connectivity index is 0.000000921. The van der Waals surface area contributed by atoms with Crippen LogP contribution in [0.2, 0.25) is 0 Å². The van der Waals surface area contributed by atoms with Crippen molar-refractivity contribution in [3.8, 4) is 0 Å². The van der Waals surface area contributed by atoms with E-state index >= 15 is 0 Å². The van der Waals surface area contributed by atoms with Crippen molar-refractivity contribution in [1.82, 2.24) is 9.80 Å². The Morgan fingerprint density at radius 3 is 1.27 bits per heavy atom. The zero-order valence-corrected chi connectivity index (χ0v) is 11.6. The van der Waals surface area contributed by atoms with E-state index in [1.807, 2.05) is 13.8 Å². The number of hydrogen-bond acceptors (Lipinski definition) is 2. The molecule has 1 aliphatic rings. The normalized spacial score (nSPS) is 20.0. The fraction of sp³-hybridized carbons (Fsp3) is 1.00. The van der Waals surface area contributed by atoms with Crippen LogP contribution in [0.15, 0.2) is 0 Å². The molecule has 0 amide bonds. The summed E-state index contributed by atoms with van der Waals surface area (Å²) < 4.78 is 0. The first kappa shape index (κ1) is 14.9. The molecule has 0 spiro atoms. The first-order chi connectivity index (χ1) is 7.11. The Hall–Kier alpha value is -0.0800. The highest BCUT2D eigenvalue weighted by molar-refractivity contribution is 4.73. The lowest BCUT2D eigenvalue weighted by molar-refractivity contribution is 0.202. The van der Waals surface area contributed by atoms with Crippen molar-refractivity contribution < 1.29 is 0 Å². The van der Waals surface area contributed by atoms with Crippen LogP contribution in [-0.2, 0) is 0 Å². The van der Waals surface area contributed by atoms with Gasteiger partial charge in [-0.2, -0.15) is 0 Å². The summed E-state index contributed by atoms with van der Waals surface area (Å²) in [5, 5.41) is 0. The van der Waals surface area contributed by atoms with E-state index in [-0.39, 0.29) is 0 Å². The quantitative estimate of drug-likeness (QED) is 0.697. The summed E-state index contributed by atoms with van der Waals surface area (Å²) in [5.74, 6) is 0. The molecule has 0 aliphatic carbocycles. The van der Waals surface area contributed by atoms with Crippen molar-refractivity contribution in [2.45, 2.75) is 60.0 Å². The van der Waals surface area contributed by atoms with Crippen molar-refractivity contribution in [1.29, 1.82) is 0 Å². The van der Waals surface area contributed by atoms with Crippen LogP contribution < -0.4 is 0 Å². The molecule has 0 radical (unpaired) electrons. The van der Waals surface area contributed by atoms with Gasteiger partial charge in [0.1, 0.15) is 0 Å². The van der Waals surface area contributed by atoms with Crippen LogP contribution in [0, 0.1) is 0 Å². The molecular weight excluding hydrogens is 184 g/mol. The third kappa shape index (κ3) is 5.53. The minimum Gasteiger partial charge on any atom is -0.300 e. The number of nitrogens with zero attached hydrogens (tertiary/aromatic N) is 2. The van der Waals surface area contributed by atoms with E-state index in [0.717, 1.165) is 0 Å². The Labute approximate surface area is 96.6 Å². The summed E-state index contributed by atoms with van der Waals surface area (Å²) >= 11 is 0. The van der Waals surface area contributed by atoms with Gasteiger partial charge in [-0.3, -0.25) is 9.80 Å². The van der Waals surface area contributed by atoms with Crippen LogP contribution in [0.4, 0.5) is 0 Å². The second kappa shape index (κ2) is 8.12. The fourth-order valence-electron chi connectivity index (χ4n) is 1.99. The lowest BCUT2D eigenvalue weighted by atomic mass is 10.3. The van der Waals surface area contributed by atoms with Crippen molar-refractivity contribution in [2.24, 2.45) is 0 Å². The number of hydrogen-bond donors (Lipinski definition) is 0. The van der Waals surface area contributed by atoms with Crippen LogP contribution in [0.3, 0.4) is 0 Å². The Morgan fingerprint density at radius 1 is 0.667 bits per heavy atom. The predicted octanol–water partition coefficient (Wildman–Crippen LogP) is 2.84. The van der Waals surface area contributed by atoms with E-state index in [2.05, 4.69) is 37.5 Å². The van der Waals surface area contributed by atoms with Crippen LogP contribution >= 0.6 is 0 Å². The molecule has 0 aromatic carbocycles. The van der Waals surface area contributed by atoms with Gasteiger partial charge in [-0.05, 0) is 47.2 Å². The van der Waals surface area contributed by atoms with Gasteiger partial charge in [-0.1, -0.05) is 13.8 Å². The predicted molar refractivity (Wildman–Crippen MR) is 69.4 cm³/mol. The molecule has 1 saturated heterocycles. The van der Waals surface area contributed by atoms with Gasteiger partial charge < -0.3 is 0 Å². The molecule has 1 heterocycles. The highest BCUT2D eigenvalue weighted by Crippen LogP contribution is 2.08. The van der Waals surface area contributed by atoms with Gasteiger partial charge >= 0.3 is 0 Å². The van der Waals surface area contributed by atoms with Gasteiger partial charge in [0.2, 0.25) is 0 Å². The van der Waals surface area contributed by atoms with Gasteiger partial charge in [-0.15, -0.1) is 0 Å². The Morgan fingerprint density at radius 2 is 1.00 bits per heavy atom. The summed E-state index contributed by atoms with van der Waals surface area (Å²) in [6.45, 7) is 18.2. The summed E-state index contributed by atoms with van der Waals surface area (Å²) in [4.78, 5) is 5.17. The van der Waals surface area contributed by atoms with Crippen LogP contribution in [-0.4, -0.2) is 48.1 Å². The maximum absolute atomic E-state index is 2.59. The maximum Gasteiger partial charge on any atom is 0.0112 e. The molecule has 0 atom stereocenters. The summed E-state index contributed by atoms with van der Waals surface area (Å²) in [6, 6.07) is 1.43. The van der Waals surface area contributed by atoms with E-state index in [1.165, 1.54) is 32.6 Å². The lowest BCUT2D eigenvalue weighted by Gasteiger charge is -2.26. The fourth-order valence-corrected chi connectivity index (χ4v) is 1.99. The molecule has 1 fully saturated rings. The second-order valence-electron chi connectivity index (χ2n) is 4.61. The standard InChI is InChI=1S/C11H24N2.C2H6/c1-10(2)12-6-5-7-13(9-8-12)11(3)4;1-2/h10-11H,5-9H2,1-4H3;1-2H3. The highest BCUT2D eigenvalue weighted by atomic mass is 15.2. The lowest BCUT2D eigenvalue weighted by Crippen LogP contribution is -2.37. The molecule has 0 aromatic rings. The van der Waals surface area contributed by atoms with Crippen molar-refractivity contribution in [3.63, 3.8) is 0 Å². The minimum absolute atomic E-state index is 0.715. The molecule has 92 valence electrons. The zero-order chi connectivity index (χ0) is 11.8. The number of rotatable bonds is 2. The SMILES string of the molecule is CC.CC(C)N1CCCN(C(C)C)CC1. The van der Waals surface area contributed by atoms with Gasteiger partial charge in [0, 0.05) is 25.2 Å². The van der Waals surface area contributed by atoms with E-state index in [1.54, 1.807) is 0 Å². The second-order valence-corrected chi connectivity index (χ2v) is 4.61. The third-order valence-electron chi connectivity index (χ3n) is 3.03. The molecule has 0 saturated carbocycles. The summed E-state index contributed by atoms with van der Waals surface area (Å²) in [7, 11) is 0. The van der Waals surface area contributed by atoms with Crippen molar-refractivity contribution in [2.75, 3.05) is 26.2 Å². The van der Waals surface area contributed by atoms with Crippen LogP contribution in [0.1, 0.15) is 48.0 Å². The summed E-state index contributed by atoms with van der Waals surface area (Å²) in [5.41, 5.74) is 0. The highest BCUT2D eigenvalue weighted by Gasteiger charge is 2.17. The van der Waals surface area contributed by atoms with E-state index in [9.17, 15) is 0 Å². The van der Waals surface area contributed by atoms with E-state index in [4.69, 9.17) is 0 Å². The van der Waals surface area contributed by atoms with Gasteiger partial charge in [-0.25, -0.2) is 0 Å². The van der Waals surface area contributed by atoms with Crippen LogP contribution in [0.25, 0.3) is 0 Å². The molecule has 0 bridgehead atoms. The molecular formula is C13H30N2. The molecule has 0 unspecified atom stereocenters. The Bertz CT molecular complexity index is 127. The van der Waals surface area contributed by atoms with Crippen molar-refractivity contribution in [3.05, 3.63) is 0 Å². The smallest absolute Gasteiger partial charge is 0.0112 e. The van der Waals surface area contributed by atoms with Gasteiger partial charge in [0.05, 0.1) is 0 Å². The topological polar surface area (TPSA) is 6.48 Å². The monoisotopic (exact) mass is 214 g/mol. The van der Waals surface area contributed by atoms with Gasteiger partial charge in [0.25, 0.3) is 0 Å². The minimum atomic E-state index is 0.715. The molecule has 0 N–H and O–H groups in total. The van der Waals surface area contributed by atoms with Gasteiger partial charge in [0.15, 0.2) is 0 Å². The average Bonchev–Trinajstić information content (AvgIpc) is 2.45. The molecule has 2 heteroatoms. The molecule has 2 nitrogen and oxygen atoms in total. The molecule has 1 rings (SSSR count). The molecule has 0 aromatic heterocycles. The van der Waals surface area contributed by atoms with E-state index < -0.39 is 0 Å². The Kier molecular flexibility index (Phi) is 8.07. The molecule has 15 heavy (non-hydrogen) atoms. The first-order valence-corrected chi connectivity index (χ1v) is 6.59. The third-order valence-corrected chi connectivity index (χ3v) is 3.03. The largest absolute Gasteiger partial charge is 0.300 e. The maximum atomic E-state index is 2.59. The van der Waals surface area contributed by atoms with Crippen molar-refractivity contribution >= 4 is 0 Å². The average molecular weight is 214 g/mol. The first-order valence-electron chi connectivity index (χ1n) is 6.59. The van der Waals surface area contributed by atoms with E-state index in [0.29, 0.717) is 12.1 Å². The van der Waals surface area contributed by atoms with Crippen LogP contribution in [0.5, 0.6) is 0 Å². The molecule has 1 aliphatic heterocycles.